The first-order chi connectivity index (χ1) is 18.3. The topological polar surface area (TPSA) is 81.3 Å². The predicted molar refractivity (Wildman–Crippen MR) is 138 cm³/mol. The van der Waals surface area contributed by atoms with Crippen molar-refractivity contribution in [3.05, 3.63) is 83.1 Å². The summed E-state index contributed by atoms with van der Waals surface area (Å²) in [7, 11) is 1.60. The number of ether oxygens (including phenoxy) is 2. The minimum absolute atomic E-state index is 0.122. The third-order valence-corrected chi connectivity index (χ3v) is 6.69. The Morgan fingerprint density at radius 2 is 1.97 bits per heavy atom. The lowest BCUT2D eigenvalue weighted by Gasteiger charge is -2.38. The van der Waals surface area contributed by atoms with Gasteiger partial charge in [-0.15, -0.1) is 0 Å². The van der Waals surface area contributed by atoms with E-state index in [4.69, 9.17) is 14.3 Å². The fourth-order valence-electron chi connectivity index (χ4n) is 4.67. The maximum atomic E-state index is 14.0. The van der Waals surface area contributed by atoms with E-state index in [2.05, 4.69) is 24.0 Å². The zero-order valence-corrected chi connectivity index (χ0v) is 21.5. The molecule has 1 unspecified atom stereocenters. The Labute approximate surface area is 219 Å². The number of hydrogen-bond acceptors (Lipinski definition) is 7. The summed E-state index contributed by atoms with van der Waals surface area (Å²) < 4.78 is 41.5. The molecule has 3 aromatic rings. The van der Waals surface area contributed by atoms with Crippen LogP contribution in [0.1, 0.15) is 37.1 Å². The lowest BCUT2D eigenvalue weighted by molar-refractivity contribution is -0.141. The molecule has 1 fully saturated rings. The molecule has 10 heteroatoms. The van der Waals surface area contributed by atoms with Gasteiger partial charge in [-0.1, -0.05) is 25.1 Å². The van der Waals surface area contributed by atoms with Crippen molar-refractivity contribution in [3.8, 4) is 11.4 Å². The third-order valence-electron chi connectivity index (χ3n) is 6.69. The first kappa shape index (κ1) is 25.7. The number of nitrogens with zero attached hydrogens (tertiary/aromatic N) is 4. The van der Waals surface area contributed by atoms with Gasteiger partial charge in [-0.3, -0.25) is 0 Å². The summed E-state index contributed by atoms with van der Waals surface area (Å²) in [5.74, 6) is 0.424. The van der Waals surface area contributed by atoms with Crippen LogP contribution in [0.15, 0.2) is 59.8 Å². The van der Waals surface area contributed by atoms with Gasteiger partial charge in [-0.25, -0.2) is 13.8 Å². The van der Waals surface area contributed by atoms with Crippen LogP contribution in [0.2, 0.25) is 0 Å². The largest absolute Gasteiger partial charge is 0.495 e. The van der Waals surface area contributed by atoms with E-state index in [1.807, 2.05) is 29.0 Å². The number of benzene rings is 2. The van der Waals surface area contributed by atoms with Crippen LogP contribution in [0.3, 0.4) is 0 Å². The summed E-state index contributed by atoms with van der Waals surface area (Å²) in [6.07, 6.45) is 7.54. The number of aliphatic hydroxyl groups is 1. The van der Waals surface area contributed by atoms with Crippen molar-refractivity contribution in [2.75, 3.05) is 26.9 Å². The first-order valence-electron chi connectivity index (χ1n) is 12.5. The van der Waals surface area contributed by atoms with E-state index in [1.54, 1.807) is 24.4 Å². The van der Waals surface area contributed by atoms with E-state index in [1.165, 1.54) is 0 Å². The summed E-state index contributed by atoms with van der Waals surface area (Å²) in [4.78, 5) is 11.8. The number of amidine groups is 1. The van der Waals surface area contributed by atoms with Gasteiger partial charge in [0, 0.05) is 17.8 Å². The van der Waals surface area contributed by atoms with E-state index in [0.717, 1.165) is 48.0 Å². The molecule has 1 atom stereocenters. The molecule has 1 aromatic heterocycles. The molecule has 38 heavy (non-hydrogen) atoms. The Bertz CT molecular complexity index is 1370. The Hall–Kier alpha value is -3.92. The number of aliphatic hydroxyl groups excluding tert-OH is 1. The highest BCUT2D eigenvalue weighted by Crippen LogP contribution is 2.39. The molecule has 2 aliphatic heterocycles. The minimum Gasteiger partial charge on any atom is -0.495 e. The normalized spacial score (nSPS) is 19.8. The Morgan fingerprint density at radius 3 is 2.68 bits per heavy atom. The zero-order chi connectivity index (χ0) is 26.9. The van der Waals surface area contributed by atoms with Crippen LogP contribution in [0.5, 0.6) is 5.75 Å². The maximum absolute atomic E-state index is 14.0. The smallest absolute Gasteiger partial charge is 0.260 e. The molecular weight excluding hydrogens is 494 g/mol. The Kier molecular flexibility index (Phi) is 7.07. The van der Waals surface area contributed by atoms with Crippen LogP contribution >= 0.6 is 0 Å². The molecule has 2 aromatic carbocycles. The summed E-state index contributed by atoms with van der Waals surface area (Å²) in [5, 5.41) is 14.4. The first-order valence-corrected chi connectivity index (χ1v) is 12.5. The SMILES string of the molecule is COc1cc(C=C2OCCN3C2=NOC3(CO)c2cc(F)cc(F)c2)ccc1-n1cnc(CCC(C)C)c1. The highest BCUT2D eigenvalue weighted by Gasteiger charge is 2.50. The van der Waals surface area contributed by atoms with Gasteiger partial charge in [0.2, 0.25) is 5.84 Å². The number of methoxy groups -OCH3 is 1. The number of halogens is 2. The average molecular weight is 525 g/mol. The van der Waals surface area contributed by atoms with Crippen LogP contribution in [0.4, 0.5) is 8.78 Å². The molecule has 8 nitrogen and oxygen atoms in total. The number of imidazole rings is 1. The van der Waals surface area contributed by atoms with Gasteiger partial charge in [0.15, 0.2) is 5.76 Å². The van der Waals surface area contributed by atoms with Gasteiger partial charge < -0.3 is 28.9 Å². The second-order valence-electron chi connectivity index (χ2n) is 9.75. The van der Waals surface area contributed by atoms with Crippen LogP contribution in [0.25, 0.3) is 11.8 Å². The summed E-state index contributed by atoms with van der Waals surface area (Å²) in [6.45, 7) is 4.38. The Balaban J connectivity index is 1.42. The highest BCUT2D eigenvalue weighted by molar-refractivity contribution is 6.01. The number of aromatic nitrogens is 2. The molecule has 0 amide bonds. The molecule has 1 saturated heterocycles. The van der Waals surface area contributed by atoms with Crippen LogP contribution < -0.4 is 4.74 Å². The maximum Gasteiger partial charge on any atom is 0.260 e. The van der Waals surface area contributed by atoms with Gasteiger partial charge in [0.1, 0.15) is 30.6 Å². The van der Waals surface area contributed by atoms with E-state index >= 15 is 0 Å². The van der Waals surface area contributed by atoms with E-state index < -0.39 is 24.0 Å². The number of fused-ring (bicyclic) bond motifs is 1. The van der Waals surface area contributed by atoms with Gasteiger partial charge in [-0.05, 0) is 54.7 Å². The Morgan fingerprint density at radius 1 is 1.18 bits per heavy atom. The van der Waals surface area contributed by atoms with Crippen LogP contribution in [0, 0.1) is 17.6 Å². The number of oxime groups is 1. The third kappa shape index (κ3) is 4.83. The van der Waals surface area contributed by atoms with E-state index in [9.17, 15) is 13.9 Å². The van der Waals surface area contributed by atoms with Gasteiger partial charge in [0.05, 0.1) is 31.4 Å². The number of rotatable bonds is 8. The van der Waals surface area contributed by atoms with Gasteiger partial charge in [-0.2, -0.15) is 0 Å². The van der Waals surface area contributed by atoms with Gasteiger partial charge >= 0.3 is 0 Å². The lowest BCUT2D eigenvalue weighted by atomic mass is 10.00. The standard InChI is InChI=1S/C28H30F2N4O4/c1-18(2)4-6-23-15-33(17-31-23)24-7-5-19(10-25(24)36-3)11-26-27-32-38-28(16-35,34(27)8-9-37-26)20-12-21(29)14-22(30)13-20/h5,7,10-15,17-18,35H,4,6,8-9,16H2,1-3H3. The monoisotopic (exact) mass is 524 g/mol. The number of hydrogen-bond donors (Lipinski definition) is 1. The zero-order valence-electron chi connectivity index (χ0n) is 21.5. The molecule has 5 rings (SSSR count). The minimum atomic E-state index is -1.56. The van der Waals surface area contributed by atoms with Gasteiger partial charge in [0.25, 0.3) is 5.72 Å². The predicted octanol–water partition coefficient (Wildman–Crippen LogP) is 4.61. The van der Waals surface area contributed by atoms with Crippen molar-refractivity contribution >= 4 is 11.9 Å². The molecule has 2 aliphatic rings. The highest BCUT2D eigenvalue weighted by atomic mass is 19.1. The van der Waals surface area contributed by atoms with E-state index in [0.29, 0.717) is 29.8 Å². The average Bonchev–Trinajstić information content (AvgIpc) is 3.53. The molecule has 0 aliphatic carbocycles. The molecule has 3 heterocycles. The summed E-state index contributed by atoms with van der Waals surface area (Å²) in [6, 6.07) is 8.74. The molecule has 0 saturated carbocycles. The molecule has 1 N–H and O–H groups in total. The number of morpholine rings is 1. The molecular formula is C28H30F2N4O4. The molecule has 200 valence electrons. The molecule has 0 radical (unpaired) electrons. The quantitative estimate of drug-likeness (QED) is 0.464. The summed E-state index contributed by atoms with van der Waals surface area (Å²) in [5.41, 5.74) is 1.21. The molecule has 0 spiro atoms. The number of aryl methyl sites for hydroxylation is 1. The van der Waals surface area contributed by atoms with Crippen molar-refractivity contribution in [3.63, 3.8) is 0 Å². The van der Waals surface area contributed by atoms with Crippen molar-refractivity contribution in [1.82, 2.24) is 14.5 Å². The van der Waals surface area contributed by atoms with Crippen LogP contribution in [-0.4, -0.2) is 52.3 Å². The van der Waals surface area contributed by atoms with Crippen molar-refractivity contribution in [1.29, 1.82) is 0 Å². The van der Waals surface area contributed by atoms with Crippen molar-refractivity contribution < 1.29 is 28.2 Å². The van der Waals surface area contributed by atoms with E-state index in [-0.39, 0.29) is 12.2 Å². The lowest BCUT2D eigenvalue weighted by Crippen LogP contribution is -2.52. The summed E-state index contributed by atoms with van der Waals surface area (Å²) >= 11 is 0. The van der Waals surface area contributed by atoms with Crippen molar-refractivity contribution in [2.24, 2.45) is 11.1 Å². The second kappa shape index (κ2) is 10.4. The second-order valence-corrected chi connectivity index (χ2v) is 9.75. The fourth-order valence-corrected chi connectivity index (χ4v) is 4.67. The molecule has 0 bridgehead atoms. The fraction of sp³-hybridized carbons (Fsp3) is 0.357. The van der Waals surface area contributed by atoms with Crippen LogP contribution in [-0.2, 0) is 21.7 Å². The van der Waals surface area contributed by atoms with Crippen molar-refractivity contribution in [2.45, 2.75) is 32.4 Å².